The molecule has 4 aliphatic heterocycles. The van der Waals surface area contributed by atoms with Crippen molar-refractivity contribution in [2.75, 3.05) is 29.4 Å². The molecule has 3 fully saturated rings. The number of nitrogens with one attached hydrogen (secondary N) is 1. The Hall–Kier alpha value is -3.01. The molecule has 0 bridgehead atoms. The van der Waals surface area contributed by atoms with Crippen LogP contribution < -0.4 is 15.1 Å². The first-order valence-electron chi connectivity index (χ1n) is 12.5. The Morgan fingerprint density at radius 3 is 2.60 bits per heavy atom. The predicted octanol–water partition coefficient (Wildman–Crippen LogP) is 2.49. The van der Waals surface area contributed by atoms with E-state index in [9.17, 15) is 14.4 Å². The summed E-state index contributed by atoms with van der Waals surface area (Å²) >= 11 is 0. The van der Waals surface area contributed by atoms with Crippen LogP contribution in [-0.4, -0.2) is 60.6 Å². The second-order valence-electron chi connectivity index (χ2n) is 10.4. The van der Waals surface area contributed by atoms with Crippen LogP contribution in [0.1, 0.15) is 51.5 Å². The lowest BCUT2D eigenvalue weighted by molar-refractivity contribution is -0.158. The van der Waals surface area contributed by atoms with E-state index in [1.165, 1.54) is 0 Å². The van der Waals surface area contributed by atoms with Gasteiger partial charge in [0.2, 0.25) is 17.4 Å². The largest absolute Gasteiger partial charge is 0.372 e. The average molecular weight is 485 g/mol. The number of morpholine rings is 1. The fourth-order valence-electron chi connectivity index (χ4n) is 6.64. The summed E-state index contributed by atoms with van der Waals surface area (Å²) < 4.78 is 27.7. The summed E-state index contributed by atoms with van der Waals surface area (Å²) in [6.07, 6.45) is 3.16. The zero-order valence-corrected chi connectivity index (χ0v) is 19.9. The molecule has 1 spiro atoms. The Morgan fingerprint density at radius 2 is 1.89 bits per heavy atom. The number of hydrogen-bond donors (Lipinski definition) is 1. The molecule has 10 heteroatoms. The molecule has 1 unspecified atom stereocenters. The van der Waals surface area contributed by atoms with E-state index in [0.717, 1.165) is 38.8 Å². The molecule has 1 aromatic carbocycles. The topological polar surface area (TPSA) is 105 Å². The first-order chi connectivity index (χ1) is 16.8. The van der Waals surface area contributed by atoms with Gasteiger partial charge in [0.05, 0.1) is 35.7 Å². The van der Waals surface area contributed by atoms with Crippen molar-refractivity contribution in [3.63, 3.8) is 0 Å². The predicted molar refractivity (Wildman–Crippen MR) is 125 cm³/mol. The van der Waals surface area contributed by atoms with E-state index in [4.69, 9.17) is 9.26 Å². The smallest absolute Gasteiger partial charge is 0.242 e. The van der Waals surface area contributed by atoms with Crippen molar-refractivity contribution in [2.24, 2.45) is 5.41 Å². The molecule has 0 saturated carbocycles. The van der Waals surface area contributed by atoms with Gasteiger partial charge < -0.3 is 19.1 Å². The maximum atomic E-state index is 16.2. The van der Waals surface area contributed by atoms with Gasteiger partial charge in [0.15, 0.2) is 17.4 Å². The quantitative estimate of drug-likeness (QED) is 0.486. The van der Waals surface area contributed by atoms with Gasteiger partial charge >= 0.3 is 0 Å². The standard InChI is InChI=1S/C25H29FN4O5/c1-13-12-30-20-15(11-25(22(30)14(2)34-13)17(31)10-18(32)27-24(25)33)9-16-21(19(20)26)35-28-23(16)29-7-5-3-4-6-8-29/h9,13-14,22H,3-8,10-12H2,1-2H3,(H,27,32,33)/t13-,14+,22-,25?/m1/s1. The Morgan fingerprint density at radius 1 is 1.14 bits per heavy atom. The van der Waals surface area contributed by atoms with E-state index in [1.807, 2.05) is 13.0 Å². The number of amides is 2. The normalized spacial score (nSPS) is 31.4. The van der Waals surface area contributed by atoms with Crippen LogP contribution in [0.25, 0.3) is 11.0 Å². The fraction of sp³-hybridized carbons (Fsp3) is 0.600. The van der Waals surface area contributed by atoms with E-state index in [-0.39, 0.29) is 24.5 Å². The minimum Gasteiger partial charge on any atom is -0.372 e. The van der Waals surface area contributed by atoms with Crippen LogP contribution in [-0.2, 0) is 25.5 Å². The molecule has 2 amide bonds. The lowest BCUT2D eigenvalue weighted by Crippen LogP contribution is -2.72. The molecular formula is C25H29FN4O5. The number of carbonyl (C=O) groups excluding carboxylic acids is 3. The van der Waals surface area contributed by atoms with Crippen molar-refractivity contribution in [3.8, 4) is 0 Å². The SMILES string of the molecule is C[C@@H]1CN2c3c(cc4c(N5CCCCCC5)noc4c3F)CC3(C(=O)CC(=O)NC3=O)[C@H]2[C@H](C)O1. The molecule has 3 saturated heterocycles. The number of fused-ring (bicyclic) bond motifs is 5. The second-order valence-corrected chi connectivity index (χ2v) is 10.4. The van der Waals surface area contributed by atoms with E-state index >= 15 is 4.39 Å². The summed E-state index contributed by atoms with van der Waals surface area (Å²) in [5.74, 6) is -1.63. The number of rotatable bonds is 1. The maximum absolute atomic E-state index is 16.2. The van der Waals surface area contributed by atoms with Crippen molar-refractivity contribution >= 4 is 40.1 Å². The second kappa shape index (κ2) is 8.01. The number of Topliss-reactive ketones (excluding diaryl/α,β-unsaturated/α-hetero) is 1. The molecule has 1 N–H and O–H groups in total. The maximum Gasteiger partial charge on any atom is 0.242 e. The number of aromatic nitrogens is 1. The van der Waals surface area contributed by atoms with Crippen molar-refractivity contribution in [1.82, 2.24) is 10.5 Å². The number of carbonyl (C=O) groups is 3. The molecule has 4 atom stereocenters. The van der Waals surface area contributed by atoms with E-state index < -0.39 is 41.0 Å². The van der Waals surface area contributed by atoms with Crippen LogP contribution in [0.3, 0.4) is 0 Å². The Kier molecular flexibility index (Phi) is 5.14. The first-order valence-corrected chi connectivity index (χ1v) is 12.5. The van der Waals surface area contributed by atoms with Gasteiger partial charge in [0, 0.05) is 19.6 Å². The molecule has 35 heavy (non-hydrogen) atoms. The van der Waals surface area contributed by atoms with Gasteiger partial charge in [0.1, 0.15) is 5.41 Å². The number of nitrogens with zero attached hydrogens (tertiary/aromatic N) is 3. The van der Waals surface area contributed by atoms with Gasteiger partial charge in [-0.05, 0) is 44.7 Å². The number of hydrogen-bond acceptors (Lipinski definition) is 8. The summed E-state index contributed by atoms with van der Waals surface area (Å²) in [5, 5.41) is 7.16. The molecule has 0 aliphatic carbocycles. The lowest BCUT2D eigenvalue weighted by Gasteiger charge is -2.55. The van der Waals surface area contributed by atoms with Crippen molar-refractivity contribution in [2.45, 2.75) is 70.6 Å². The van der Waals surface area contributed by atoms with Gasteiger partial charge in [-0.15, -0.1) is 0 Å². The molecule has 186 valence electrons. The van der Waals surface area contributed by atoms with Crippen LogP contribution in [0.4, 0.5) is 15.9 Å². The average Bonchev–Trinajstić information content (AvgIpc) is 3.03. The molecule has 4 aliphatic rings. The zero-order valence-electron chi connectivity index (χ0n) is 19.9. The molecule has 6 rings (SSSR count). The summed E-state index contributed by atoms with van der Waals surface area (Å²) in [6, 6.07) is 1.08. The molecule has 9 nitrogen and oxygen atoms in total. The molecule has 0 radical (unpaired) electrons. The number of imide groups is 1. The Balaban J connectivity index is 1.54. The number of halogens is 1. The van der Waals surface area contributed by atoms with Crippen LogP contribution in [0.15, 0.2) is 10.6 Å². The number of benzene rings is 1. The molecule has 2 aromatic rings. The van der Waals surface area contributed by atoms with Gasteiger partial charge in [-0.25, -0.2) is 4.39 Å². The number of ether oxygens (including phenoxy) is 1. The third-order valence-electron chi connectivity index (χ3n) is 8.06. The lowest BCUT2D eigenvalue weighted by atomic mass is 9.63. The Bertz CT molecular complexity index is 1210. The van der Waals surface area contributed by atoms with Crippen LogP contribution in [0.2, 0.25) is 0 Å². The third-order valence-corrected chi connectivity index (χ3v) is 8.06. The van der Waals surface area contributed by atoms with Crippen molar-refractivity contribution < 1.29 is 28.0 Å². The first kappa shape index (κ1) is 22.5. The summed E-state index contributed by atoms with van der Waals surface area (Å²) in [6.45, 7) is 5.59. The van der Waals surface area contributed by atoms with E-state index in [2.05, 4.69) is 15.4 Å². The van der Waals surface area contributed by atoms with Gasteiger partial charge in [-0.1, -0.05) is 18.0 Å². The summed E-state index contributed by atoms with van der Waals surface area (Å²) in [5.41, 5.74) is -0.587. The summed E-state index contributed by atoms with van der Waals surface area (Å²) in [4.78, 5) is 42.7. The highest BCUT2D eigenvalue weighted by molar-refractivity contribution is 6.22. The van der Waals surface area contributed by atoms with Gasteiger partial charge in [-0.2, -0.15) is 0 Å². The van der Waals surface area contributed by atoms with E-state index in [0.29, 0.717) is 29.0 Å². The monoisotopic (exact) mass is 484 g/mol. The summed E-state index contributed by atoms with van der Waals surface area (Å²) in [7, 11) is 0. The minimum atomic E-state index is -1.54. The van der Waals surface area contributed by atoms with Gasteiger partial charge in [-0.3, -0.25) is 19.7 Å². The molecular weight excluding hydrogens is 455 g/mol. The third kappa shape index (κ3) is 3.22. The van der Waals surface area contributed by atoms with Crippen molar-refractivity contribution in [1.29, 1.82) is 0 Å². The fourth-order valence-corrected chi connectivity index (χ4v) is 6.64. The van der Waals surface area contributed by atoms with E-state index in [1.54, 1.807) is 11.8 Å². The van der Waals surface area contributed by atoms with Crippen LogP contribution in [0.5, 0.6) is 0 Å². The van der Waals surface area contributed by atoms with Crippen LogP contribution in [0, 0.1) is 11.2 Å². The molecule has 1 aromatic heterocycles. The van der Waals surface area contributed by atoms with Crippen molar-refractivity contribution in [3.05, 3.63) is 17.4 Å². The number of piperidine rings is 1. The highest BCUT2D eigenvalue weighted by Gasteiger charge is 2.62. The van der Waals surface area contributed by atoms with Crippen LogP contribution >= 0.6 is 0 Å². The zero-order chi connectivity index (χ0) is 24.5. The highest BCUT2D eigenvalue weighted by Crippen LogP contribution is 2.50. The Labute approximate surface area is 201 Å². The molecule has 5 heterocycles. The van der Waals surface area contributed by atoms with Gasteiger partial charge in [0.25, 0.3) is 0 Å². The highest BCUT2D eigenvalue weighted by atomic mass is 19.1. The number of ketones is 1. The number of anilines is 2. The minimum absolute atomic E-state index is 0.0129.